The summed E-state index contributed by atoms with van der Waals surface area (Å²) in [6.07, 6.45) is 1.92. The first-order chi connectivity index (χ1) is 37.5. The maximum atomic E-state index is 6.96. The van der Waals surface area contributed by atoms with Crippen LogP contribution in [0.25, 0.3) is 82.9 Å². The number of aromatic nitrogens is 2. The molecule has 0 aliphatic carbocycles. The van der Waals surface area contributed by atoms with Gasteiger partial charge in [0, 0.05) is 62.8 Å². The zero-order valence-electron chi connectivity index (χ0n) is 46.0. The molecule has 1 aliphatic heterocycles. The smallest absolute Gasteiger partial charge is 0.137 e. The summed E-state index contributed by atoms with van der Waals surface area (Å²) >= 11 is 0. The van der Waals surface area contributed by atoms with Crippen LogP contribution in [0, 0.1) is 0 Å². The molecule has 384 valence electrons. The fraction of sp³-hybridized carbons (Fsp3) is 0.181. The predicted octanol–water partition coefficient (Wildman–Crippen LogP) is 20.0. The Labute approximate surface area is 457 Å². The van der Waals surface area contributed by atoms with E-state index in [2.05, 4.69) is 271 Å². The van der Waals surface area contributed by atoms with Crippen LogP contribution in [-0.4, -0.2) is 16.2 Å². The van der Waals surface area contributed by atoms with Gasteiger partial charge in [-0.2, -0.15) is 0 Å². The van der Waals surface area contributed by atoms with Gasteiger partial charge in [-0.1, -0.05) is 184 Å². The number of hydrogen-bond acceptors (Lipinski definition) is 5. The molecule has 0 amide bonds. The van der Waals surface area contributed by atoms with E-state index in [0.29, 0.717) is 6.67 Å². The van der Waals surface area contributed by atoms with Crippen LogP contribution >= 0.6 is 0 Å². The summed E-state index contributed by atoms with van der Waals surface area (Å²) in [7, 11) is 0. The average molecular weight is 1020 g/mol. The lowest BCUT2D eigenvalue weighted by Crippen LogP contribution is -2.25. The number of nitrogens with zero attached hydrogens (tertiary/aromatic N) is 4. The van der Waals surface area contributed by atoms with E-state index in [1.165, 1.54) is 55.8 Å². The minimum atomic E-state index is -0.0665. The first-order valence-electron chi connectivity index (χ1n) is 27.3. The molecule has 0 saturated heterocycles. The Bertz CT molecular complexity index is 4260. The van der Waals surface area contributed by atoms with E-state index in [-0.39, 0.29) is 16.2 Å². The molecule has 0 spiro atoms. The van der Waals surface area contributed by atoms with Crippen LogP contribution in [0.4, 0.5) is 22.7 Å². The molecule has 78 heavy (non-hydrogen) atoms. The molecule has 6 nitrogen and oxygen atoms in total. The molecule has 12 aromatic rings. The Balaban J connectivity index is 0.920. The molecule has 1 aliphatic rings. The first kappa shape index (κ1) is 48.8. The number of anilines is 4. The molecular weight excluding hydrogens is 953 g/mol. The van der Waals surface area contributed by atoms with E-state index in [0.717, 1.165) is 78.1 Å². The molecule has 9 aromatic carbocycles. The number of fused-ring (bicyclic) bond motifs is 7. The summed E-state index contributed by atoms with van der Waals surface area (Å²) in [6, 6.07) is 74.7. The topological polar surface area (TPSA) is 46.7 Å². The van der Waals surface area contributed by atoms with Crippen LogP contribution in [0.15, 0.2) is 217 Å². The van der Waals surface area contributed by atoms with E-state index in [1.54, 1.807) is 0 Å². The molecule has 13 rings (SSSR count). The van der Waals surface area contributed by atoms with Gasteiger partial charge >= 0.3 is 0 Å². The molecule has 6 heteroatoms. The maximum absolute atomic E-state index is 6.96. The monoisotopic (exact) mass is 1020 g/mol. The zero-order valence-corrected chi connectivity index (χ0v) is 46.0. The number of ether oxygens (including phenoxy) is 1. The van der Waals surface area contributed by atoms with Gasteiger partial charge in [-0.05, 0) is 122 Å². The number of pyridine rings is 1. The molecule has 0 atom stereocenters. The van der Waals surface area contributed by atoms with Gasteiger partial charge in [0.25, 0.3) is 0 Å². The number of benzene rings is 9. The SMILES string of the molecule is CC(C)(C)c1cc(-c2cccc(-c3cccc(-c4ccccc4)c3)c2N2CN(c3cccc(Oc4ccc5c6cc7c(cc6n(-c6cc(C(C)(C)C)ccn6)c5c4)oc4ccccc47)c3)c3ccccc32)cc(C(C)(C)C)c1. The summed E-state index contributed by atoms with van der Waals surface area (Å²) in [6.45, 7) is 21.2. The van der Waals surface area contributed by atoms with Crippen LogP contribution in [-0.2, 0) is 16.2 Å². The molecule has 0 fully saturated rings. The second kappa shape index (κ2) is 18.4. The molecule has 0 radical (unpaired) electrons. The van der Waals surface area contributed by atoms with Crippen LogP contribution in [0.2, 0.25) is 0 Å². The van der Waals surface area contributed by atoms with Crippen LogP contribution in [0.3, 0.4) is 0 Å². The van der Waals surface area contributed by atoms with Crippen molar-refractivity contribution in [2.24, 2.45) is 0 Å². The van der Waals surface area contributed by atoms with Crippen molar-refractivity contribution in [2.45, 2.75) is 78.6 Å². The van der Waals surface area contributed by atoms with E-state index in [1.807, 2.05) is 18.3 Å². The Hall–Kier alpha value is -8.87. The summed E-state index contributed by atoms with van der Waals surface area (Å²) < 4.78 is 15.7. The highest BCUT2D eigenvalue weighted by atomic mass is 16.5. The van der Waals surface area contributed by atoms with Crippen molar-refractivity contribution >= 4 is 66.5 Å². The fourth-order valence-electron chi connectivity index (χ4n) is 11.5. The summed E-state index contributed by atoms with van der Waals surface area (Å²) in [4.78, 5) is 9.95. The first-order valence-corrected chi connectivity index (χ1v) is 27.3. The lowest BCUT2D eigenvalue weighted by atomic mass is 9.78. The molecular formula is C72H64N4O2. The average Bonchev–Trinajstić information content (AvgIpc) is 4.16. The molecule has 0 saturated carbocycles. The minimum Gasteiger partial charge on any atom is -0.457 e. The standard InChI is InChI=1S/C72H64N4O2/c1-70(2,3)50-34-35-73-68(40-50)76-64-42-55(32-33-58(64)60-43-61-59-26-13-16-31-66(59)78-67(61)44-65(60)76)77-54-25-18-24-53(41-54)74-45-75(63-30-15-14-29-62(63)74)69-56(48-23-17-22-47(36-48)46-20-11-10-12-21-46)27-19-28-57(69)49-37-51(71(4,5)6)39-52(38-49)72(7,8)9/h10-44H,45H2,1-9H3. The normalized spacial score (nSPS) is 13.1. The predicted molar refractivity (Wildman–Crippen MR) is 327 cm³/mol. The fourth-order valence-corrected chi connectivity index (χ4v) is 11.5. The summed E-state index contributed by atoms with van der Waals surface area (Å²) in [5, 5.41) is 4.43. The minimum absolute atomic E-state index is 0.0512. The van der Waals surface area contributed by atoms with Gasteiger partial charge in [-0.3, -0.25) is 4.57 Å². The third kappa shape index (κ3) is 8.66. The van der Waals surface area contributed by atoms with Crippen molar-refractivity contribution in [1.82, 2.24) is 9.55 Å². The van der Waals surface area contributed by atoms with E-state index < -0.39 is 0 Å². The molecule has 0 N–H and O–H groups in total. The van der Waals surface area contributed by atoms with Gasteiger partial charge in [0.05, 0.1) is 28.1 Å². The quantitative estimate of drug-likeness (QED) is 0.152. The number of rotatable bonds is 8. The highest BCUT2D eigenvalue weighted by molar-refractivity contribution is 6.17. The van der Waals surface area contributed by atoms with Crippen LogP contribution in [0.5, 0.6) is 11.5 Å². The Morgan fingerprint density at radius 1 is 0.410 bits per heavy atom. The van der Waals surface area contributed by atoms with Crippen molar-refractivity contribution in [1.29, 1.82) is 0 Å². The van der Waals surface area contributed by atoms with Crippen molar-refractivity contribution < 1.29 is 9.15 Å². The van der Waals surface area contributed by atoms with Crippen molar-refractivity contribution in [3.63, 3.8) is 0 Å². The van der Waals surface area contributed by atoms with Gasteiger partial charge < -0.3 is 19.0 Å². The van der Waals surface area contributed by atoms with E-state index in [4.69, 9.17) is 14.1 Å². The highest BCUT2D eigenvalue weighted by Gasteiger charge is 2.33. The highest BCUT2D eigenvalue weighted by Crippen LogP contribution is 2.52. The van der Waals surface area contributed by atoms with Crippen LogP contribution in [0.1, 0.15) is 79.0 Å². The zero-order chi connectivity index (χ0) is 53.7. The second-order valence-corrected chi connectivity index (χ2v) is 24.2. The van der Waals surface area contributed by atoms with Crippen LogP contribution < -0.4 is 14.5 Å². The number of furan rings is 1. The molecule has 4 heterocycles. The van der Waals surface area contributed by atoms with Gasteiger partial charge in [-0.25, -0.2) is 4.98 Å². The Morgan fingerprint density at radius 2 is 1.04 bits per heavy atom. The summed E-state index contributed by atoms with van der Waals surface area (Å²) in [5.74, 6) is 2.32. The van der Waals surface area contributed by atoms with E-state index in [9.17, 15) is 0 Å². The molecule has 0 bridgehead atoms. The third-order valence-electron chi connectivity index (χ3n) is 15.8. The second-order valence-electron chi connectivity index (χ2n) is 24.2. The number of para-hydroxylation sites is 4. The molecule has 0 unspecified atom stereocenters. The van der Waals surface area contributed by atoms with Gasteiger partial charge in [-0.15, -0.1) is 0 Å². The van der Waals surface area contributed by atoms with Crippen molar-refractivity contribution in [2.75, 3.05) is 16.5 Å². The van der Waals surface area contributed by atoms with Gasteiger partial charge in [0.15, 0.2) is 0 Å². The van der Waals surface area contributed by atoms with Crippen molar-refractivity contribution in [3.8, 4) is 50.7 Å². The van der Waals surface area contributed by atoms with E-state index >= 15 is 0 Å². The Morgan fingerprint density at radius 3 is 1.79 bits per heavy atom. The largest absolute Gasteiger partial charge is 0.457 e. The summed E-state index contributed by atoms with van der Waals surface area (Å²) in [5.41, 5.74) is 19.0. The third-order valence-corrected chi connectivity index (χ3v) is 15.8. The Kier molecular flexibility index (Phi) is 11.5. The maximum Gasteiger partial charge on any atom is 0.137 e. The lowest BCUT2D eigenvalue weighted by molar-refractivity contribution is 0.483. The lowest BCUT2D eigenvalue weighted by Gasteiger charge is -2.29. The van der Waals surface area contributed by atoms with Crippen molar-refractivity contribution in [3.05, 3.63) is 229 Å². The molecule has 3 aromatic heterocycles. The van der Waals surface area contributed by atoms with Gasteiger partial charge in [0.2, 0.25) is 0 Å². The van der Waals surface area contributed by atoms with Gasteiger partial charge in [0.1, 0.15) is 35.2 Å². The number of hydrogen-bond donors (Lipinski definition) is 0.